The molecule has 0 bridgehead atoms. The molecule has 1 aromatic rings. The number of piperazine rings is 1. The molecule has 0 aromatic heterocycles. The summed E-state index contributed by atoms with van der Waals surface area (Å²) in [6.45, 7) is 9.47. The average molecular weight is 380 g/mol. The molecule has 0 radical (unpaired) electrons. The first-order chi connectivity index (χ1) is 12.3. The Kier molecular flexibility index (Phi) is 5.69. The monoisotopic (exact) mass is 379 g/mol. The van der Waals surface area contributed by atoms with Crippen LogP contribution in [0.3, 0.4) is 0 Å². The maximum Gasteiger partial charge on any atom is 0.243 e. The van der Waals surface area contributed by atoms with Crippen LogP contribution in [0.5, 0.6) is 0 Å². The molecular formula is C19H29N3O3S. The smallest absolute Gasteiger partial charge is 0.243 e. The molecule has 2 saturated heterocycles. The van der Waals surface area contributed by atoms with Gasteiger partial charge in [0.1, 0.15) is 0 Å². The molecule has 0 aliphatic carbocycles. The summed E-state index contributed by atoms with van der Waals surface area (Å²) in [6, 6.07) is 5.26. The van der Waals surface area contributed by atoms with Crippen molar-refractivity contribution in [1.29, 1.82) is 0 Å². The van der Waals surface area contributed by atoms with Crippen LogP contribution in [0.25, 0.3) is 0 Å². The summed E-state index contributed by atoms with van der Waals surface area (Å²) in [6.07, 6.45) is 2.17. The van der Waals surface area contributed by atoms with E-state index >= 15 is 0 Å². The Morgan fingerprint density at radius 3 is 2.19 bits per heavy atom. The molecule has 2 aliphatic rings. The van der Waals surface area contributed by atoms with E-state index in [4.69, 9.17) is 0 Å². The van der Waals surface area contributed by atoms with Crippen LogP contribution < -0.4 is 0 Å². The van der Waals surface area contributed by atoms with Crippen LogP contribution in [0.15, 0.2) is 23.1 Å². The van der Waals surface area contributed by atoms with E-state index in [1.165, 1.54) is 0 Å². The molecule has 1 atom stereocenters. The summed E-state index contributed by atoms with van der Waals surface area (Å²) in [7, 11) is -3.48. The number of aryl methyl sites for hydroxylation is 2. The number of carbonyl (C=O) groups excluding carboxylic acids is 1. The van der Waals surface area contributed by atoms with Crippen molar-refractivity contribution in [2.75, 3.05) is 39.3 Å². The number of nitrogens with zero attached hydrogens (tertiary/aromatic N) is 3. The van der Waals surface area contributed by atoms with E-state index in [0.29, 0.717) is 31.1 Å². The standard InChI is InChI=1S/C19H29N3O3S/c1-15-6-7-18(16(2)14-15)26(24,25)22-12-10-20(11-13-22)17(3)19(23)21-8-4-5-9-21/h6-7,14,17H,4-5,8-13H2,1-3H3/t17-/m0/s1. The van der Waals surface area contributed by atoms with Crippen molar-refractivity contribution in [3.63, 3.8) is 0 Å². The molecular weight excluding hydrogens is 350 g/mol. The highest BCUT2D eigenvalue weighted by atomic mass is 32.2. The van der Waals surface area contributed by atoms with Crippen LogP contribution in [-0.2, 0) is 14.8 Å². The molecule has 26 heavy (non-hydrogen) atoms. The van der Waals surface area contributed by atoms with Crippen LogP contribution in [0.2, 0.25) is 0 Å². The fourth-order valence-corrected chi connectivity index (χ4v) is 5.54. The van der Waals surface area contributed by atoms with Crippen LogP contribution in [0.4, 0.5) is 0 Å². The van der Waals surface area contributed by atoms with Gasteiger partial charge in [-0.15, -0.1) is 0 Å². The maximum atomic E-state index is 13.0. The molecule has 0 spiro atoms. The number of rotatable bonds is 4. The van der Waals surface area contributed by atoms with Gasteiger partial charge in [0.15, 0.2) is 0 Å². The number of benzene rings is 1. The third kappa shape index (κ3) is 3.80. The van der Waals surface area contributed by atoms with Gasteiger partial charge in [-0.1, -0.05) is 17.7 Å². The van der Waals surface area contributed by atoms with Gasteiger partial charge in [-0.05, 0) is 45.2 Å². The van der Waals surface area contributed by atoms with E-state index in [9.17, 15) is 13.2 Å². The fraction of sp³-hybridized carbons (Fsp3) is 0.632. The highest BCUT2D eigenvalue weighted by molar-refractivity contribution is 7.89. The lowest BCUT2D eigenvalue weighted by Crippen LogP contribution is -2.55. The van der Waals surface area contributed by atoms with E-state index in [-0.39, 0.29) is 11.9 Å². The fourth-order valence-electron chi connectivity index (χ4n) is 3.92. The normalized spacial score (nSPS) is 21.1. The zero-order valence-corrected chi connectivity index (χ0v) is 16.8. The Hall–Kier alpha value is -1.44. The SMILES string of the molecule is Cc1ccc(S(=O)(=O)N2CCN([C@@H](C)C(=O)N3CCCC3)CC2)c(C)c1. The lowest BCUT2D eigenvalue weighted by Gasteiger charge is -2.38. The highest BCUT2D eigenvalue weighted by Crippen LogP contribution is 2.23. The third-order valence-corrected chi connectivity index (χ3v) is 7.60. The van der Waals surface area contributed by atoms with Crippen molar-refractivity contribution in [2.24, 2.45) is 0 Å². The van der Waals surface area contributed by atoms with E-state index < -0.39 is 10.0 Å². The summed E-state index contributed by atoms with van der Waals surface area (Å²) in [5.74, 6) is 0.174. The Bertz CT molecular complexity index is 764. The molecule has 144 valence electrons. The van der Waals surface area contributed by atoms with Crippen molar-refractivity contribution >= 4 is 15.9 Å². The number of likely N-dealkylation sites (tertiary alicyclic amines) is 1. The molecule has 0 saturated carbocycles. The molecule has 6 nitrogen and oxygen atoms in total. The van der Waals surface area contributed by atoms with Gasteiger partial charge in [0.25, 0.3) is 0 Å². The topological polar surface area (TPSA) is 60.9 Å². The first-order valence-corrected chi connectivity index (χ1v) is 10.8. The molecule has 3 rings (SSSR count). The Morgan fingerprint density at radius 2 is 1.62 bits per heavy atom. The number of amides is 1. The van der Waals surface area contributed by atoms with Crippen molar-refractivity contribution in [3.05, 3.63) is 29.3 Å². The molecule has 0 N–H and O–H groups in total. The van der Waals surface area contributed by atoms with Crippen LogP contribution in [-0.4, -0.2) is 73.7 Å². The number of hydrogen-bond donors (Lipinski definition) is 0. The molecule has 0 unspecified atom stereocenters. The minimum absolute atomic E-state index is 0.174. The highest BCUT2D eigenvalue weighted by Gasteiger charge is 2.34. The Labute approximate surface area is 156 Å². The summed E-state index contributed by atoms with van der Waals surface area (Å²) >= 11 is 0. The van der Waals surface area contributed by atoms with Gasteiger partial charge in [0, 0.05) is 39.3 Å². The first-order valence-electron chi connectivity index (χ1n) is 9.41. The third-order valence-electron chi connectivity index (χ3n) is 5.54. The van der Waals surface area contributed by atoms with Gasteiger partial charge in [-0.2, -0.15) is 4.31 Å². The summed E-state index contributed by atoms with van der Waals surface area (Å²) < 4.78 is 27.5. The molecule has 1 amide bonds. The van der Waals surface area contributed by atoms with E-state index in [2.05, 4.69) is 4.90 Å². The lowest BCUT2D eigenvalue weighted by molar-refractivity contribution is -0.135. The summed E-state index contributed by atoms with van der Waals surface area (Å²) in [5.41, 5.74) is 1.84. The lowest BCUT2D eigenvalue weighted by atomic mass is 10.2. The summed E-state index contributed by atoms with van der Waals surface area (Å²) in [5, 5.41) is 0. The largest absolute Gasteiger partial charge is 0.341 e. The molecule has 2 fully saturated rings. The van der Waals surface area contributed by atoms with E-state index in [0.717, 1.165) is 37.1 Å². The van der Waals surface area contributed by atoms with Crippen LogP contribution in [0, 0.1) is 13.8 Å². The Morgan fingerprint density at radius 1 is 1.00 bits per heavy atom. The van der Waals surface area contributed by atoms with Crippen LogP contribution >= 0.6 is 0 Å². The minimum atomic E-state index is -3.48. The second kappa shape index (κ2) is 7.66. The first kappa shape index (κ1) is 19.3. The second-order valence-electron chi connectivity index (χ2n) is 7.42. The Balaban J connectivity index is 1.65. The molecule has 2 heterocycles. The number of sulfonamides is 1. The maximum absolute atomic E-state index is 13.0. The zero-order valence-electron chi connectivity index (χ0n) is 15.9. The van der Waals surface area contributed by atoms with Crippen molar-refractivity contribution in [3.8, 4) is 0 Å². The molecule has 2 aliphatic heterocycles. The zero-order chi connectivity index (χ0) is 18.9. The minimum Gasteiger partial charge on any atom is -0.341 e. The quantitative estimate of drug-likeness (QED) is 0.798. The van der Waals surface area contributed by atoms with Crippen molar-refractivity contribution in [2.45, 2.75) is 44.6 Å². The van der Waals surface area contributed by atoms with Crippen molar-refractivity contribution in [1.82, 2.24) is 14.1 Å². The van der Waals surface area contributed by atoms with Gasteiger partial charge < -0.3 is 4.90 Å². The van der Waals surface area contributed by atoms with Crippen molar-refractivity contribution < 1.29 is 13.2 Å². The average Bonchev–Trinajstić information content (AvgIpc) is 3.15. The van der Waals surface area contributed by atoms with E-state index in [1.807, 2.05) is 37.8 Å². The molecule has 1 aromatic carbocycles. The van der Waals surface area contributed by atoms with Gasteiger partial charge in [0.2, 0.25) is 15.9 Å². The second-order valence-corrected chi connectivity index (χ2v) is 9.32. The number of carbonyl (C=O) groups is 1. The van der Waals surface area contributed by atoms with Gasteiger partial charge in [-0.25, -0.2) is 8.42 Å². The van der Waals surface area contributed by atoms with Gasteiger partial charge in [-0.3, -0.25) is 9.69 Å². The predicted molar refractivity (Wildman–Crippen MR) is 102 cm³/mol. The van der Waals surface area contributed by atoms with Gasteiger partial charge >= 0.3 is 0 Å². The van der Waals surface area contributed by atoms with E-state index in [1.54, 1.807) is 10.4 Å². The number of hydrogen-bond acceptors (Lipinski definition) is 4. The van der Waals surface area contributed by atoms with Gasteiger partial charge in [0.05, 0.1) is 10.9 Å². The predicted octanol–water partition coefficient (Wildman–Crippen LogP) is 1.62. The summed E-state index contributed by atoms with van der Waals surface area (Å²) in [4.78, 5) is 17.0. The molecule has 7 heteroatoms. The van der Waals surface area contributed by atoms with Crippen LogP contribution in [0.1, 0.15) is 30.9 Å².